The summed E-state index contributed by atoms with van der Waals surface area (Å²) in [6, 6.07) is 6.26. The number of piperidine rings is 1. The molecule has 1 aromatic heterocycles. The van der Waals surface area contributed by atoms with Crippen LogP contribution in [0.15, 0.2) is 36.7 Å². The van der Waals surface area contributed by atoms with Crippen molar-refractivity contribution in [3.63, 3.8) is 0 Å². The van der Waals surface area contributed by atoms with Crippen LogP contribution in [-0.4, -0.2) is 46.3 Å². The second-order valence-electron chi connectivity index (χ2n) is 9.00. The zero-order chi connectivity index (χ0) is 23.8. The van der Waals surface area contributed by atoms with Gasteiger partial charge in [0.1, 0.15) is 11.7 Å². The third-order valence-corrected chi connectivity index (χ3v) is 6.75. The summed E-state index contributed by atoms with van der Waals surface area (Å²) in [4.78, 5) is 31.1. The van der Waals surface area contributed by atoms with Crippen molar-refractivity contribution >= 4 is 34.9 Å². The van der Waals surface area contributed by atoms with Gasteiger partial charge in [-0.1, -0.05) is 30.7 Å². The molecule has 2 amide bonds. The maximum atomic E-state index is 13.4. The largest absolute Gasteiger partial charge is 0.378 e. The minimum absolute atomic E-state index is 0.0285. The number of carbonyl (C=O) groups excluding carboxylic acids is 2. The number of rotatable bonds is 4. The number of amides is 2. The van der Waals surface area contributed by atoms with Gasteiger partial charge in [-0.05, 0) is 37.5 Å². The minimum Gasteiger partial charge on any atom is -0.378 e. The van der Waals surface area contributed by atoms with E-state index in [-0.39, 0.29) is 35.9 Å². The van der Waals surface area contributed by atoms with Crippen LogP contribution in [0.25, 0.3) is 0 Å². The number of carbonyl (C=O) groups is 2. The van der Waals surface area contributed by atoms with Gasteiger partial charge in [0.05, 0.1) is 28.6 Å². The summed E-state index contributed by atoms with van der Waals surface area (Å²) in [7, 11) is 0. The first-order chi connectivity index (χ1) is 15.7. The van der Waals surface area contributed by atoms with Gasteiger partial charge in [0.15, 0.2) is 0 Å². The van der Waals surface area contributed by atoms with Crippen LogP contribution in [0.1, 0.15) is 55.5 Å². The summed E-state index contributed by atoms with van der Waals surface area (Å²) in [5.74, 6) is -0.996. The van der Waals surface area contributed by atoms with Crippen LogP contribution in [-0.2, 0) is 14.9 Å². The summed E-state index contributed by atoms with van der Waals surface area (Å²) in [6.45, 7) is 4.47. The van der Waals surface area contributed by atoms with E-state index in [1.165, 1.54) is 6.20 Å². The summed E-state index contributed by atoms with van der Waals surface area (Å²) >= 11 is 6.68. The highest BCUT2D eigenvalue weighted by Gasteiger charge is 2.44. The lowest BCUT2D eigenvalue weighted by atomic mass is 9.73. The number of likely N-dealkylation sites (tertiary alicyclic amines) is 1. The molecule has 2 saturated heterocycles. The van der Waals surface area contributed by atoms with Gasteiger partial charge >= 0.3 is 0 Å². The maximum Gasteiger partial charge on any atom is 0.257 e. The molecule has 2 aliphatic heterocycles. The van der Waals surface area contributed by atoms with Gasteiger partial charge in [-0.25, -0.2) is 4.39 Å². The smallest absolute Gasteiger partial charge is 0.257 e. The summed E-state index contributed by atoms with van der Waals surface area (Å²) < 4.78 is 19.0. The molecule has 0 radical (unpaired) electrons. The maximum absolute atomic E-state index is 13.4. The van der Waals surface area contributed by atoms with E-state index in [0.29, 0.717) is 42.1 Å². The number of halogens is 2. The zero-order valence-electron chi connectivity index (χ0n) is 18.5. The SMILES string of the molecule is C[C@@H]1C[C@H](N2C(=N)C[C@](C)(c3cccc(NC(=O)c4cncc(F)c4)c3Cl)CC2=O)CCO1. The molecule has 9 heteroatoms. The van der Waals surface area contributed by atoms with Crippen molar-refractivity contribution in [1.82, 2.24) is 9.88 Å². The highest BCUT2D eigenvalue weighted by atomic mass is 35.5. The second kappa shape index (κ2) is 9.19. The van der Waals surface area contributed by atoms with Crippen LogP contribution in [0.4, 0.5) is 10.1 Å². The number of hydrogen-bond acceptors (Lipinski definition) is 5. The molecule has 1 aromatic carbocycles. The fourth-order valence-electron chi connectivity index (χ4n) is 4.74. The Morgan fingerprint density at radius 1 is 1.36 bits per heavy atom. The number of ether oxygens (including phenoxy) is 1. The van der Waals surface area contributed by atoms with E-state index in [1.807, 2.05) is 19.9 Å². The normalized spacial score (nSPS) is 25.8. The van der Waals surface area contributed by atoms with Crippen molar-refractivity contribution < 1.29 is 18.7 Å². The fraction of sp³-hybridized carbons (Fsp3) is 0.417. The second-order valence-corrected chi connectivity index (χ2v) is 9.38. The topological polar surface area (TPSA) is 95.4 Å². The van der Waals surface area contributed by atoms with Crippen molar-refractivity contribution in [2.24, 2.45) is 0 Å². The molecular formula is C24H26ClFN4O3. The molecule has 0 bridgehead atoms. The molecule has 2 N–H and O–H groups in total. The van der Waals surface area contributed by atoms with Gasteiger partial charge in [-0.15, -0.1) is 0 Å². The Morgan fingerprint density at radius 2 is 2.15 bits per heavy atom. The van der Waals surface area contributed by atoms with E-state index in [2.05, 4.69) is 10.3 Å². The highest BCUT2D eigenvalue weighted by molar-refractivity contribution is 6.35. The molecule has 0 spiro atoms. The predicted octanol–water partition coefficient (Wildman–Crippen LogP) is 4.55. The lowest BCUT2D eigenvalue weighted by Crippen LogP contribution is -2.54. The molecule has 33 heavy (non-hydrogen) atoms. The van der Waals surface area contributed by atoms with Gasteiger partial charge in [-0.2, -0.15) is 0 Å². The molecule has 2 fully saturated rings. The van der Waals surface area contributed by atoms with Crippen LogP contribution in [0.2, 0.25) is 5.02 Å². The third kappa shape index (κ3) is 4.77. The Hall–Kier alpha value is -2.84. The van der Waals surface area contributed by atoms with E-state index in [0.717, 1.165) is 12.3 Å². The average Bonchev–Trinajstić information content (AvgIpc) is 2.74. The summed E-state index contributed by atoms with van der Waals surface area (Å²) in [5.41, 5.74) is 0.403. The lowest BCUT2D eigenvalue weighted by Gasteiger charge is -2.44. The number of hydrogen-bond donors (Lipinski definition) is 2. The van der Waals surface area contributed by atoms with Crippen molar-refractivity contribution in [2.45, 2.75) is 57.1 Å². The molecule has 2 aromatic rings. The van der Waals surface area contributed by atoms with Crippen LogP contribution >= 0.6 is 11.6 Å². The van der Waals surface area contributed by atoms with Crippen molar-refractivity contribution in [1.29, 1.82) is 5.41 Å². The molecular weight excluding hydrogens is 447 g/mol. The van der Waals surface area contributed by atoms with E-state index in [9.17, 15) is 14.0 Å². The number of anilines is 1. The standard InChI is InChI=1S/C24H26ClFN4O3/c1-14-8-17(6-7-33-14)30-20(27)10-24(2,11-21(30)31)18-4-3-5-19(22(18)25)29-23(32)15-9-16(26)13-28-12-15/h3-5,9,12-14,17,27H,6-8,10-11H2,1-2H3,(H,29,32)/t14-,17-,24+/m1/s1. The van der Waals surface area contributed by atoms with Crippen molar-refractivity contribution in [3.05, 3.63) is 58.6 Å². The first kappa shape index (κ1) is 23.3. The Bertz CT molecular complexity index is 1090. The quantitative estimate of drug-likeness (QED) is 0.682. The zero-order valence-corrected chi connectivity index (χ0v) is 19.3. The van der Waals surface area contributed by atoms with Crippen molar-refractivity contribution in [3.8, 4) is 0 Å². The molecule has 7 nitrogen and oxygen atoms in total. The molecule has 3 heterocycles. The summed E-state index contributed by atoms with van der Waals surface area (Å²) in [5, 5.41) is 11.7. The van der Waals surface area contributed by atoms with Crippen LogP contribution in [0.5, 0.6) is 0 Å². The lowest BCUT2D eigenvalue weighted by molar-refractivity contribution is -0.134. The van der Waals surface area contributed by atoms with Gasteiger partial charge in [0.2, 0.25) is 5.91 Å². The van der Waals surface area contributed by atoms with Gasteiger partial charge < -0.3 is 10.1 Å². The number of nitrogens with one attached hydrogen (secondary N) is 2. The van der Waals surface area contributed by atoms with Gasteiger partial charge in [-0.3, -0.25) is 24.9 Å². The first-order valence-corrected chi connectivity index (χ1v) is 11.3. The Kier molecular flexibility index (Phi) is 6.50. The third-order valence-electron chi connectivity index (χ3n) is 6.35. The fourth-order valence-corrected chi connectivity index (χ4v) is 5.14. The molecule has 0 aliphatic carbocycles. The molecule has 4 rings (SSSR count). The monoisotopic (exact) mass is 472 g/mol. The predicted molar refractivity (Wildman–Crippen MR) is 123 cm³/mol. The van der Waals surface area contributed by atoms with Crippen LogP contribution in [0, 0.1) is 11.2 Å². The molecule has 174 valence electrons. The number of pyridine rings is 1. The van der Waals surface area contributed by atoms with Crippen LogP contribution < -0.4 is 5.32 Å². The molecule has 2 aliphatic rings. The summed E-state index contributed by atoms with van der Waals surface area (Å²) in [6.07, 6.45) is 4.31. The van der Waals surface area contributed by atoms with Crippen LogP contribution in [0.3, 0.4) is 0 Å². The Labute approximate surface area is 196 Å². The van der Waals surface area contributed by atoms with E-state index < -0.39 is 17.1 Å². The molecule has 0 unspecified atom stereocenters. The van der Waals surface area contributed by atoms with E-state index in [1.54, 1.807) is 17.0 Å². The number of benzene rings is 1. The first-order valence-electron chi connectivity index (χ1n) is 10.9. The van der Waals surface area contributed by atoms with E-state index >= 15 is 0 Å². The minimum atomic E-state index is -0.695. The van der Waals surface area contributed by atoms with Gasteiger partial charge in [0.25, 0.3) is 5.91 Å². The molecule has 0 saturated carbocycles. The van der Waals surface area contributed by atoms with E-state index in [4.69, 9.17) is 21.7 Å². The van der Waals surface area contributed by atoms with Gasteiger partial charge in [0, 0.05) is 37.1 Å². The Balaban J connectivity index is 1.56. The van der Waals surface area contributed by atoms with Crippen molar-refractivity contribution in [2.75, 3.05) is 11.9 Å². The average molecular weight is 473 g/mol. The Morgan fingerprint density at radius 3 is 2.85 bits per heavy atom. The number of amidine groups is 1. The number of aromatic nitrogens is 1. The number of nitrogens with zero attached hydrogens (tertiary/aromatic N) is 2. The highest BCUT2D eigenvalue weighted by Crippen LogP contribution is 2.43. The molecule has 3 atom stereocenters.